The molecule has 298 valence electrons. The van der Waals surface area contributed by atoms with Gasteiger partial charge < -0.3 is 50.8 Å². The Morgan fingerprint density at radius 2 is 1.80 bits per heavy atom. The third-order valence-electron chi connectivity index (χ3n) is 8.24. The molecule has 2 aliphatic rings. The molecule has 0 spiro atoms. The second-order valence-corrected chi connectivity index (χ2v) is 15.0. The maximum atomic E-state index is 14.5. The molecule has 0 aliphatic carbocycles. The average molecular weight is 810 g/mol. The lowest BCUT2D eigenvalue weighted by molar-refractivity contribution is -0.154. The first-order valence-corrected chi connectivity index (χ1v) is 18.9. The number of nitrogens with one attached hydrogen (secondary N) is 2. The van der Waals surface area contributed by atoms with E-state index in [-0.39, 0.29) is 42.3 Å². The predicted octanol–water partition coefficient (Wildman–Crippen LogP) is -2.12. The number of phosphoric ester groups is 1. The molecule has 28 heteroatoms. The number of aliphatic hydroxyl groups excluding tert-OH is 1. The number of carbonyl (C=O) groups is 2. The van der Waals surface area contributed by atoms with E-state index in [1.807, 2.05) is 0 Å². The Balaban J connectivity index is 1.42. The van der Waals surface area contributed by atoms with Crippen LogP contribution in [0.4, 0.5) is 11.8 Å². The number of ether oxygens (including phenoxy) is 3. The number of aliphatic carboxylic acids is 2. The van der Waals surface area contributed by atoms with Crippen molar-refractivity contribution in [3.8, 4) is 0 Å². The number of hydrogen-bond acceptors (Lipinski definition) is 18. The van der Waals surface area contributed by atoms with Gasteiger partial charge >= 0.3 is 27.5 Å². The van der Waals surface area contributed by atoms with E-state index in [4.69, 9.17) is 34.7 Å². The molecule has 3 aromatic rings. The van der Waals surface area contributed by atoms with Crippen LogP contribution in [0.25, 0.3) is 11.2 Å². The Morgan fingerprint density at radius 3 is 2.46 bits per heavy atom. The van der Waals surface area contributed by atoms with Crippen LogP contribution in [0.2, 0.25) is 0 Å². The number of methoxy groups -OCH3 is 1. The highest BCUT2D eigenvalue weighted by atomic mass is 31.2. The minimum absolute atomic E-state index is 0.0444. The lowest BCUT2D eigenvalue weighted by Gasteiger charge is -2.29. The number of anilines is 2. The summed E-state index contributed by atoms with van der Waals surface area (Å²) in [6, 6.07) is 0. The van der Waals surface area contributed by atoms with Gasteiger partial charge in [0.05, 0.1) is 38.0 Å². The van der Waals surface area contributed by atoms with E-state index in [1.165, 1.54) is 11.7 Å². The van der Waals surface area contributed by atoms with Gasteiger partial charge in [0.15, 0.2) is 29.5 Å². The molecule has 0 saturated carbocycles. The molecule has 26 nitrogen and oxygen atoms in total. The minimum atomic E-state index is -5.13. The first kappa shape index (κ1) is 41.0. The molecule has 2 saturated heterocycles. The van der Waals surface area contributed by atoms with Crippen LogP contribution >= 0.6 is 15.6 Å². The first-order chi connectivity index (χ1) is 25.4. The van der Waals surface area contributed by atoms with Gasteiger partial charge in [-0.25, -0.2) is 24.2 Å². The highest BCUT2D eigenvalue weighted by molar-refractivity contribution is 7.51. The van der Waals surface area contributed by atoms with Crippen molar-refractivity contribution in [1.82, 2.24) is 34.2 Å². The third-order valence-corrected chi connectivity index (χ3v) is 10.3. The molecule has 0 bridgehead atoms. The van der Waals surface area contributed by atoms with Crippen molar-refractivity contribution in [3.05, 3.63) is 39.4 Å². The Labute approximate surface area is 302 Å². The van der Waals surface area contributed by atoms with Crippen LogP contribution in [-0.2, 0) is 46.5 Å². The molecular formula is C26H37N9O17P2. The summed E-state index contributed by atoms with van der Waals surface area (Å²) in [7, 11) is -8.65. The summed E-state index contributed by atoms with van der Waals surface area (Å²) >= 11 is 0. The zero-order chi connectivity index (χ0) is 39.5. The van der Waals surface area contributed by atoms with E-state index in [9.17, 15) is 53.4 Å². The minimum Gasteiger partial charge on any atom is -0.481 e. The maximum absolute atomic E-state index is 14.5. The number of H-pyrrole nitrogens is 1. The van der Waals surface area contributed by atoms with Crippen LogP contribution in [0, 0.1) is 5.92 Å². The molecule has 2 aliphatic heterocycles. The molecule has 0 aromatic carbocycles. The SMILES string of the molecule is CO[C@@H]1[C@H](OP(=O)(NCCCC(C(=O)O)C(=O)O)OC[C@@H]2C[C@@H](O)[C@H](n3cc(N)ncc3=O)O2)[C@@H](COP(=O)(O)O)O[C@H]1n1cnc2c(=O)[nH]c(N)nc21. The number of nitrogens with two attached hydrogens (primary N) is 2. The molecule has 1 unspecified atom stereocenters. The Bertz CT molecular complexity index is 2040. The zero-order valence-electron chi connectivity index (χ0n) is 28.0. The highest BCUT2D eigenvalue weighted by Gasteiger charge is 2.51. The van der Waals surface area contributed by atoms with Crippen LogP contribution in [0.1, 0.15) is 31.7 Å². The van der Waals surface area contributed by atoms with Crippen LogP contribution < -0.4 is 27.7 Å². The Kier molecular flexibility index (Phi) is 12.7. The number of hydrogen-bond donors (Lipinski definition) is 9. The molecule has 54 heavy (non-hydrogen) atoms. The maximum Gasteiger partial charge on any atom is 0.469 e. The van der Waals surface area contributed by atoms with Gasteiger partial charge in [-0.3, -0.25) is 46.9 Å². The number of fused-ring (bicyclic) bond motifs is 1. The summed E-state index contributed by atoms with van der Waals surface area (Å²) in [6.45, 7) is -1.81. The molecule has 0 radical (unpaired) electrons. The van der Waals surface area contributed by atoms with E-state index >= 15 is 0 Å². The molecule has 8 atom stereocenters. The molecule has 0 amide bonds. The Hall–Kier alpha value is -4.17. The first-order valence-electron chi connectivity index (χ1n) is 15.8. The molecular weight excluding hydrogens is 772 g/mol. The van der Waals surface area contributed by atoms with Gasteiger partial charge in [-0.05, 0) is 12.8 Å². The fraction of sp³-hybridized carbons (Fsp3) is 0.577. The number of carboxylic acids is 2. The number of nitrogen functional groups attached to an aromatic ring is 2. The van der Waals surface area contributed by atoms with Gasteiger partial charge in [-0.2, -0.15) is 4.98 Å². The van der Waals surface area contributed by atoms with Crippen LogP contribution in [0.3, 0.4) is 0 Å². The predicted molar refractivity (Wildman–Crippen MR) is 177 cm³/mol. The van der Waals surface area contributed by atoms with E-state index in [2.05, 4.69) is 29.5 Å². The number of imidazole rings is 1. The summed E-state index contributed by atoms with van der Waals surface area (Å²) in [4.78, 5) is 80.6. The smallest absolute Gasteiger partial charge is 0.469 e. The van der Waals surface area contributed by atoms with Crippen molar-refractivity contribution >= 4 is 50.4 Å². The molecule has 2 fully saturated rings. The number of carboxylic acid groups (broad SMARTS) is 2. The van der Waals surface area contributed by atoms with Gasteiger partial charge in [-0.1, -0.05) is 0 Å². The van der Waals surface area contributed by atoms with Crippen LogP contribution in [0.15, 0.2) is 28.3 Å². The van der Waals surface area contributed by atoms with E-state index in [1.54, 1.807) is 0 Å². The fourth-order valence-corrected chi connectivity index (χ4v) is 7.73. The Morgan fingerprint density at radius 1 is 1.07 bits per heavy atom. The third kappa shape index (κ3) is 9.55. The van der Waals surface area contributed by atoms with Gasteiger partial charge in [0, 0.05) is 20.1 Å². The number of rotatable bonds is 18. The number of aromatic amines is 1. The molecule has 3 aromatic heterocycles. The van der Waals surface area contributed by atoms with Gasteiger partial charge in [-0.15, -0.1) is 0 Å². The number of aliphatic hydroxyl groups is 1. The van der Waals surface area contributed by atoms with E-state index in [0.717, 1.165) is 23.3 Å². The fourth-order valence-electron chi connectivity index (χ4n) is 5.80. The van der Waals surface area contributed by atoms with Crippen molar-refractivity contribution in [2.45, 2.75) is 62.2 Å². The largest absolute Gasteiger partial charge is 0.481 e. The van der Waals surface area contributed by atoms with Crippen molar-refractivity contribution in [3.63, 3.8) is 0 Å². The number of nitrogens with zero attached hydrogens (tertiary/aromatic N) is 5. The molecule has 11 N–H and O–H groups in total. The van der Waals surface area contributed by atoms with Crippen molar-refractivity contribution in [2.24, 2.45) is 5.92 Å². The van der Waals surface area contributed by atoms with Crippen LogP contribution in [-0.4, -0.2) is 124 Å². The van der Waals surface area contributed by atoms with Crippen molar-refractivity contribution in [1.29, 1.82) is 0 Å². The van der Waals surface area contributed by atoms with Crippen molar-refractivity contribution < 1.29 is 71.6 Å². The lowest BCUT2D eigenvalue weighted by atomic mass is 10.0. The van der Waals surface area contributed by atoms with E-state index < -0.39 is 107 Å². The summed E-state index contributed by atoms with van der Waals surface area (Å²) in [5.41, 5.74) is 9.79. The normalized spacial score (nSPS) is 25.7. The van der Waals surface area contributed by atoms with Gasteiger partial charge in [0.1, 0.15) is 30.2 Å². The lowest BCUT2D eigenvalue weighted by Crippen LogP contribution is -2.39. The standard InChI is InChI=1S/C26H37N9O17P2/c1-47-19-18(14(9-49-54(44,45)46)51-23(19)35-10-30-17-20(35)32-26(28)33-21(17)38)52-53(43,31-4-2-3-12(24(39)40)25(41)42)48-8-11-5-13(36)22(50-11)34-7-15(27)29-6-16(34)37/h6-7,10-14,18-19,22-23,36H,2-5,8-9,27H2,1H3,(H,31,43)(H,39,40)(H,41,42)(H2,44,45,46)(H3,28,32,33,38)/t11-,13+,14+,18+,19+,22+,23+,53?/m0/s1. The summed E-state index contributed by atoms with van der Waals surface area (Å²) in [6.07, 6.45) is -6.81. The number of aromatic nitrogens is 6. The summed E-state index contributed by atoms with van der Waals surface area (Å²) in [5.74, 6) is -5.33. The second-order valence-electron chi connectivity index (χ2n) is 12.0. The molecule has 5 rings (SSSR count). The quantitative estimate of drug-likeness (QED) is 0.0376. The van der Waals surface area contributed by atoms with Crippen LogP contribution in [0.5, 0.6) is 0 Å². The summed E-state index contributed by atoms with van der Waals surface area (Å²) in [5, 5.41) is 31.7. The molecule has 5 heterocycles. The highest BCUT2D eigenvalue weighted by Crippen LogP contribution is 2.51. The zero-order valence-corrected chi connectivity index (χ0v) is 29.8. The van der Waals surface area contributed by atoms with Crippen molar-refractivity contribution in [2.75, 3.05) is 38.3 Å². The average Bonchev–Trinajstić information content (AvgIpc) is 3.77. The topological polar surface area (TPSA) is 387 Å². The monoisotopic (exact) mass is 809 g/mol. The van der Waals surface area contributed by atoms with Gasteiger partial charge in [0.25, 0.3) is 11.1 Å². The second kappa shape index (κ2) is 16.7. The number of phosphoric acid groups is 1. The van der Waals surface area contributed by atoms with E-state index in [0.29, 0.717) is 0 Å². The summed E-state index contributed by atoms with van der Waals surface area (Å²) < 4.78 is 62.2. The van der Waals surface area contributed by atoms with Gasteiger partial charge in [0.2, 0.25) is 5.95 Å².